The van der Waals surface area contributed by atoms with Gasteiger partial charge in [-0.3, -0.25) is 10.1 Å². The predicted molar refractivity (Wildman–Crippen MR) is 72.1 cm³/mol. The second-order valence-electron chi connectivity index (χ2n) is 4.42. The topological polar surface area (TPSA) is 78.4 Å². The molecular weight excluding hydrogens is 282 g/mol. The average Bonchev–Trinajstić information content (AvgIpc) is 2.40. The van der Waals surface area contributed by atoms with E-state index in [1.807, 2.05) is 0 Å². The third-order valence-electron chi connectivity index (χ3n) is 2.82. The first-order valence-electron chi connectivity index (χ1n) is 6.06. The van der Waals surface area contributed by atoms with E-state index in [1.54, 1.807) is 6.92 Å². The van der Waals surface area contributed by atoms with Crippen molar-refractivity contribution in [2.45, 2.75) is 13.0 Å². The Hall–Kier alpha value is -2.54. The van der Waals surface area contributed by atoms with Gasteiger partial charge in [0.25, 0.3) is 0 Å². The van der Waals surface area contributed by atoms with E-state index in [-0.39, 0.29) is 11.5 Å². The molecule has 2 rings (SSSR count). The van der Waals surface area contributed by atoms with Gasteiger partial charge in [-0.1, -0.05) is 12.1 Å². The van der Waals surface area contributed by atoms with Gasteiger partial charge in [0.2, 0.25) is 5.75 Å². The van der Waals surface area contributed by atoms with E-state index in [4.69, 9.17) is 10.5 Å². The Morgan fingerprint density at radius 2 is 2.00 bits per heavy atom. The standard InChI is InChI=1S/C14H12F2N2O3/c1-8(17)10-3-2-4-11(16)14(10)21-13-7-9(15)5-6-12(13)18(19)20/h2-8H,17H2,1H3/t8-/m0/s1. The van der Waals surface area contributed by atoms with Crippen LogP contribution in [-0.4, -0.2) is 4.92 Å². The molecule has 0 aromatic heterocycles. The molecule has 0 bridgehead atoms. The fraction of sp³-hybridized carbons (Fsp3) is 0.143. The van der Waals surface area contributed by atoms with Crippen molar-refractivity contribution in [3.05, 3.63) is 63.7 Å². The number of benzene rings is 2. The molecule has 21 heavy (non-hydrogen) atoms. The molecule has 0 aliphatic carbocycles. The molecule has 0 amide bonds. The Labute approximate surface area is 119 Å². The maximum Gasteiger partial charge on any atom is 0.311 e. The van der Waals surface area contributed by atoms with Gasteiger partial charge in [-0.25, -0.2) is 8.78 Å². The summed E-state index contributed by atoms with van der Waals surface area (Å²) in [5.74, 6) is -2.09. The van der Waals surface area contributed by atoms with E-state index >= 15 is 0 Å². The molecule has 0 aliphatic heterocycles. The van der Waals surface area contributed by atoms with Gasteiger partial charge in [0.15, 0.2) is 11.6 Å². The molecule has 0 spiro atoms. The molecule has 0 saturated carbocycles. The van der Waals surface area contributed by atoms with Gasteiger partial charge < -0.3 is 10.5 Å². The summed E-state index contributed by atoms with van der Waals surface area (Å²) in [6.07, 6.45) is 0. The molecule has 1 atom stereocenters. The number of hydrogen-bond acceptors (Lipinski definition) is 4. The summed E-state index contributed by atoms with van der Waals surface area (Å²) >= 11 is 0. The van der Waals surface area contributed by atoms with Gasteiger partial charge in [-0.05, 0) is 19.1 Å². The van der Waals surface area contributed by atoms with Crippen LogP contribution in [0.5, 0.6) is 11.5 Å². The van der Waals surface area contributed by atoms with Crippen LogP contribution in [0.4, 0.5) is 14.5 Å². The number of para-hydroxylation sites is 1. The summed E-state index contributed by atoms with van der Waals surface area (Å²) in [5.41, 5.74) is 5.57. The molecule has 0 aliphatic rings. The minimum atomic E-state index is -0.735. The van der Waals surface area contributed by atoms with Crippen molar-refractivity contribution in [2.24, 2.45) is 5.73 Å². The number of nitrogens with two attached hydrogens (primary N) is 1. The number of halogens is 2. The first kappa shape index (κ1) is 14.9. The predicted octanol–water partition coefficient (Wildman–Crippen LogP) is 3.69. The highest BCUT2D eigenvalue weighted by atomic mass is 19.1. The lowest BCUT2D eigenvalue weighted by Crippen LogP contribution is -2.08. The quantitative estimate of drug-likeness (QED) is 0.689. The molecule has 2 aromatic rings. The number of nitrogens with zero attached hydrogens (tertiary/aromatic N) is 1. The summed E-state index contributed by atoms with van der Waals surface area (Å²) < 4.78 is 32.4. The molecule has 0 fully saturated rings. The summed E-state index contributed by atoms with van der Waals surface area (Å²) in [4.78, 5) is 10.2. The second kappa shape index (κ2) is 5.84. The molecule has 0 unspecified atom stereocenters. The summed E-state index contributed by atoms with van der Waals surface area (Å²) in [7, 11) is 0. The van der Waals surface area contributed by atoms with E-state index < -0.39 is 28.3 Å². The third kappa shape index (κ3) is 3.14. The lowest BCUT2D eigenvalue weighted by Gasteiger charge is -2.14. The fourth-order valence-electron chi connectivity index (χ4n) is 1.82. The Bertz CT molecular complexity index is 690. The zero-order chi connectivity index (χ0) is 15.6. The normalized spacial score (nSPS) is 12.0. The molecule has 110 valence electrons. The Morgan fingerprint density at radius 1 is 1.29 bits per heavy atom. The minimum Gasteiger partial charge on any atom is -0.447 e. The van der Waals surface area contributed by atoms with E-state index in [0.717, 1.165) is 24.3 Å². The smallest absolute Gasteiger partial charge is 0.311 e. The van der Waals surface area contributed by atoms with Crippen LogP contribution in [0.25, 0.3) is 0 Å². The van der Waals surface area contributed by atoms with Crippen LogP contribution in [-0.2, 0) is 0 Å². The van der Waals surface area contributed by atoms with Crippen molar-refractivity contribution in [1.82, 2.24) is 0 Å². The highest BCUT2D eigenvalue weighted by molar-refractivity contribution is 5.50. The minimum absolute atomic E-state index is 0.249. The number of ether oxygens (including phenoxy) is 1. The van der Waals surface area contributed by atoms with Crippen molar-refractivity contribution in [1.29, 1.82) is 0 Å². The van der Waals surface area contributed by atoms with Crippen LogP contribution in [0.15, 0.2) is 36.4 Å². The summed E-state index contributed by atoms with van der Waals surface area (Å²) in [6.45, 7) is 1.61. The number of hydrogen-bond donors (Lipinski definition) is 1. The van der Waals surface area contributed by atoms with Gasteiger partial charge >= 0.3 is 5.69 Å². The highest BCUT2D eigenvalue weighted by Crippen LogP contribution is 2.36. The molecule has 2 N–H and O–H groups in total. The SMILES string of the molecule is C[C@H](N)c1cccc(F)c1Oc1cc(F)ccc1[N+](=O)[O-]. The number of nitro groups is 1. The lowest BCUT2D eigenvalue weighted by molar-refractivity contribution is -0.385. The van der Waals surface area contributed by atoms with Gasteiger partial charge in [-0.2, -0.15) is 0 Å². The van der Waals surface area contributed by atoms with Crippen molar-refractivity contribution in [2.75, 3.05) is 0 Å². The third-order valence-corrected chi connectivity index (χ3v) is 2.82. The van der Waals surface area contributed by atoms with Gasteiger partial charge in [0.05, 0.1) is 4.92 Å². The van der Waals surface area contributed by atoms with Crippen LogP contribution in [0, 0.1) is 21.7 Å². The van der Waals surface area contributed by atoms with Crippen molar-refractivity contribution < 1.29 is 18.4 Å². The van der Waals surface area contributed by atoms with Gasteiger partial charge in [0.1, 0.15) is 5.82 Å². The van der Waals surface area contributed by atoms with Crippen LogP contribution < -0.4 is 10.5 Å². The summed E-state index contributed by atoms with van der Waals surface area (Å²) in [6, 6.07) is 6.27. The Kier molecular flexibility index (Phi) is 4.13. The van der Waals surface area contributed by atoms with Crippen LogP contribution in [0.3, 0.4) is 0 Å². The zero-order valence-electron chi connectivity index (χ0n) is 11.0. The van der Waals surface area contributed by atoms with Crippen LogP contribution in [0.2, 0.25) is 0 Å². The van der Waals surface area contributed by atoms with E-state index in [1.165, 1.54) is 12.1 Å². The first-order chi connectivity index (χ1) is 9.90. The van der Waals surface area contributed by atoms with Crippen LogP contribution in [0.1, 0.15) is 18.5 Å². The zero-order valence-corrected chi connectivity index (χ0v) is 11.0. The van der Waals surface area contributed by atoms with Crippen molar-refractivity contribution >= 4 is 5.69 Å². The first-order valence-corrected chi connectivity index (χ1v) is 6.06. The molecular formula is C14H12F2N2O3. The molecule has 0 radical (unpaired) electrons. The average molecular weight is 294 g/mol. The fourth-order valence-corrected chi connectivity index (χ4v) is 1.82. The molecule has 2 aromatic carbocycles. The second-order valence-corrected chi connectivity index (χ2v) is 4.42. The van der Waals surface area contributed by atoms with E-state index in [2.05, 4.69) is 0 Å². The van der Waals surface area contributed by atoms with E-state index in [0.29, 0.717) is 5.56 Å². The summed E-state index contributed by atoms with van der Waals surface area (Å²) in [5, 5.41) is 10.9. The van der Waals surface area contributed by atoms with Crippen molar-refractivity contribution in [3.8, 4) is 11.5 Å². The van der Waals surface area contributed by atoms with Gasteiger partial charge in [-0.15, -0.1) is 0 Å². The number of nitro benzene ring substituents is 1. The molecule has 0 heterocycles. The lowest BCUT2D eigenvalue weighted by atomic mass is 10.1. The largest absolute Gasteiger partial charge is 0.447 e. The molecule has 7 heteroatoms. The Morgan fingerprint density at radius 3 is 2.62 bits per heavy atom. The van der Waals surface area contributed by atoms with Crippen molar-refractivity contribution in [3.63, 3.8) is 0 Å². The molecule has 5 nitrogen and oxygen atoms in total. The monoisotopic (exact) mass is 294 g/mol. The number of rotatable bonds is 4. The molecule has 0 saturated heterocycles. The maximum atomic E-state index is 13.9. The highest BCUT2D eigenvalue weighted by Gasteiger charge is 2.20. The van der Waals surface area contributed by atoms with E-state index in [9.17, 15) is 18.9 Å². The Balaban J connectivity index is 2.53. The van der Waals surface area contributed by atoms with Gasteiger partial charge in [0, 0.05) is 23.7 Å². The maximum absolute atomic E-state index is 13.9. The van der Waals surface area contributed by atoms with Crippen LogP contribution >= 0.6 is 0 Å².